The number of nitrogens with two attached hydrogens (primary N) is 1. The number of phenols is 1. The van der Waals surface area contributed by atoms with Gasteiger partial charge in [-0.1, -0.05) is 12.1 Å². The Morgan fingerprint density at radius 2 is 2.04 bits per heavy atom. The Kier molecular flexibility index (Phi) is 4.28. The molecule has 140 valence electrons. The van der Waals surface area contributed by atoms with Crippen molar-refractivity contribution < 1.29 is 19.8 Å². The molecule has 0 aliphatic carbocycles. The zero-order chi connectivity index (χ0) is 19.0. The number of hydrogen-bond donors (Lipinski definition) is 3. The molecular weight excluding hydrogens is 350 g/mol. The lowest BCUT2D eigenvalue weighted by Gasteiger charge is -2.30. The van der Waals surface area contributed by atoms with Crippen LogP contribution < -0.4 is 5.73 Å². The average Bonchev–Trinajstić information content (AvgIpc) is 3.03. The van der Waals surface area contributed by atoms with Crippen molar-refractivity contribution in [2.45, 2.75) is 18.9 Å². The Bertz CT molecular complexity index is 995. The number of aromatic nitrogens is 3. The first-order valence-corrected chi connectivity index (χ1v) is 8.59. The summed E-state index contributed by atoms with van der Waals surface area (Å²) in [6.45, 7) is 0.997. The first-order valence-electron chi connectivity index (χ1n) is 8.59. The highest BCUT2D eigenvalue weighted by Crippen LogP contribution is 2.37. The number of anilines is 1. The van der Waals surface area contributed by atoms with Crippen LogP contribution in [0.4, 0.5) is 10.6 Å². The highest BCUT2D eigenvalue weighted by atomic mass is 16.8. The van der Waals surface area contributed by atoms with Gasteiger partial charge in [0.2, 0.25) is 0 Å². The number of nitrogens with zero attached hydrogens (tertiary/aromatic N) is 4. The van der Waals surface area contributed by atoms with Gasteiger partial charge in [-0.3, -0.25) is 0 Å². The van der Waals surface area contributed by atoms with Crippen molar-refractivity contribution in [1.82, 2.24) is 19.6 Å². The zero-order valence-electron chi connectivity index (χ0n) is 14.4. The summed E-state index contributed by atoms with van der Waals surface area (Å²) in [5, 5.41) is 20.8. The van der Waals surface area contributed by atoms with Crippen molar-refractivity contribution in [3.63, 3.8) is 0 Å². The summed E-state index contributed by atoms with van der Waals surface area (Å²) < 4.78 is 2.06. The SMILES string of the molecule is Nc1ncnc2c1c(-c1cccc(O)c1)cn2C1CCN(OC(=O)O)CC1. The van der Waals surface area contributed by atoms with Crippen molar-refractivity contribution in [2.75, 3.05) is 18.8 Å². The molecule has 1 aliphatic heterocycles. The van der Waals surface area contributed by atoms with E-state index in [1.165, 1.54) is 11.4 Å². The summed E-state index contributed by atoms with van der Waals surface area (Å²) >= 11 is 0. The lowest BCUT2D eigenvalue weighted by atomic mass is 10.1. The monoisotopic (exact) mass is 369 g/mol. The van der Waals surface area contributed by atoms with Crippen LogP contribution >= 0.6 is 0 Å². The van der Waals surface area contributed by atoms with Gasteiger partial charge in [0.05, 0.1) is 5.39 Å². The second-order valence-corrected chi connectivity index (χ2v) is 6.48. The summed E-state index contributed by atoms with van der Waals surface area (Å²) in [6.07, 6.45) is 3.53. The molecule has 4 N–H and O–H groups in total. The van der Waals surface area contributed by atoms with Gasteiger partial charge in [-0.05, 0) is 30.5 Å². The van der Waals surface area contributed by atoms with Crippen molar-refractivity contribution in [2.24, 2.45) is 0 Å². The molecule has 1 aliphatic rings. The second kappa shape index (κ2) is 6.76. The molecule has 0 saturated carbocycles. The van der Waals surface area contributed by atoms with Crippen molar-refractivity contribution in [3.05, 3.63) is 36.8 Å². The van der Waals surface area contributed by atoms with E-state index < -0.39 is 6.16 Å². The van der Waals surface area contributed by atoms with Crippen LogP contribution in [0.3, 0.4) is 0 Å². The summed E-state index contributed by atoms with van der Waals surface area (Å²) in [6, 6.07) is 7.08. The van der Waals surface area contributed by atoms with E-state index in [1.54, 1.807) is 18.2 Å². The predicted molar refractivity (Wildman–Crippen MR) is 98.0 cm³/mol. The van der Waals surface area contributed by atoms with E-state index in [0.717, 1.165) is 22.2 Å². The highest BCUT2D eigenvalue weighted by Gasteiger charge is 2.26. The molecule has 0 radical (unpaired) electrons. The van der Waals surface area contributed by atoms with Crippen LogP contribution in [0.5, 0.6) is 5.75 Å². The normalized spacial score (nSPS) is 15.9. The van der Waals surface area contributed by atoms with Crippen LogP contribution in [0.25, 0.3) is 22.2 Å². The van der Waals surface area contributed by atoms with Crippen molar-refractivity contribution in [3.8, 4) is 16.9 Å². The third-order valence-electron chi connectivity index (χ3n) is 4.82. The first-order chi connectivity index (χ1) is 13.0. The van der Waals surface area contributed by atoms with Crippen molar-refractivity contribution in [1.29, 1.82) is 0 Å². The number of fused-ring (bicyclic) bond motifs is 1. The Morgan fingerprint density at radius 3 is 2.74 bits per heavy atom. The predicted octanol–water partition coefficient (Wildman–Crippen LogP) is 2.63. The maximum absolute atomic E-state index is 10.7. The molecule has 0 spiro atoms. The number of nitrogen functional groups attached to an aromatic ring is 1. The number of carboxylic acid groups (broad SMARTS) is 1. The number of carbonyl (C=O) groups is 1. The molecule has 0 unspecified atom stereocenters. The highest BCUT2D eigenvalue weighted by molar-refractivity contribution is 6.00. The lowest BCUT2D eigenvalue weighted by molar-refractivity contribution is -0.134. The number of piperidine rings is 1. The summed E-state index contributed by atoms with van der Waals surface area (Å²) in [5.41, 5.74) is 8.53. The molecule has 3 aromatic rings. The third kappa shape index (κ3) is 3.24. The topological polar surface area (TPSA) is 127 Å². The van der Waals surface area contributed by atoms with Gasteiger partial charge in [0.15, 0.2) is 0 Å². The molecule has 9 nitrogen and oxygen atoms in total. The standard InChI is InChI=1S/C18H19N5O4/c19-16-15-14(11-2-1-3-13(24)8-11)9-23(17(15)21-10-20-16)12-4-6-22(7-5-12)27-18(25)26/h1-3,8-10,12,24H,4-7H2,(H,25,26)(H2,19,20,21). The van der Waals surface area contributed by atoms with E-state index in [0.29, 0.717) is 31.7 Å². The fourth-order valence-corrected chi connectivity index (χ4v) is 3.60. The molecule has 3 heterocycles. The second-order valence-electron chi connectivity index (χ2n) is 6.48. The van der Waals surface area contributed by atoms with Gasteiger partial charge in [-0.15, -0.1) is 5.06 Å². The average molecular weight is 369 g/mol. The van der Waals surface area contributed by atoms with E-state index in [2.05, 4.69) is 14.5 Å². The van der Waals surface area contributed by atoms with E-state index in [4.69, 9.17) is 15.7 Å². The van der Waals surface area contributed by atoms with Crippen LogP contribution in [0, 0.1) is 0 Å². The van der Waals surface area contributed by atoms with Gasteiger partial charge >= 0.3 is 6.16 Å². The molecule has 4 rings (SSSR count). The third-order valence-corrected chi connectivity index (χ3v) is 4.82. The first kappa shape index (κ1) is 17.1. The molecule has 1 saturated heterocycles. The van der Waals surface area contributed by atoms with Crippen LogP contribution in [-0.2, 0) is 4.84 Å². The fraction of sp³-hybridized carbons (Fsp3) is 0.278. The number of hydrogen-bond acceptors (Lipinski definition) is 7. The van der Waals surface area contributed by atoms with Crippen LogP contribution in [-0.4, -0.2) is 49.1 Å². The van der Waals surface area contributed by atoms with Gasteiger partial charge in [-0.2, -0.15) is 0 Å². The Morgan fingerprint density at radius 1 is 1.26 bits per heavy atom. The Balaban J connectivity index is 1.72. The minimum atomic E-state index is -1.30. The number of benzene rings is 1. The van der Waals surface area contributed by atoms with E-state index >= 15 is 0 Å². The summed E-state index contributed by atoms with van der Waals surface area (Å²) in [4.78, 5) is 24.0. The summed E-state index contributed by atoms with van der Waals surface area (Å²) in [7, 11) is 0. The van der Waals surface area contributed by atoms with Crippen LogP contribution in [0.15, 0.2) is 36.8 Å². The minimum Gasteiger partial charge on any atom is -0.508 e. The Hall–Kier alpha value is -3.33. The van der Waals surface area contributed by atoms with Gasteiger partial charge in [-0.25, -0.2) is 14.8 Å². The van der Waals surface area contributed by atoms with E-state index in [9.17, 15) is 9.90 Å². The molecule has 0 atom stereocenters. The summed E-state index contributed by atoms with van der Waals surface area (Å²) in [5.74, 6) is 0.548. The van der Waals surface area contributed by atoms with E-state index in [-0.39, 0.29) is 11.8 Å². The molecule has 1 aromatic carbocycles. The van der Waals surface area contributed by atoms with Crippen LogP contribution in [0.1, 0.15) is 18.9 Å². The molecule has 2 aromatic heterocycles. The maximum atomic E-state index is 10.7. The Labute approximate surface area is 154 Å². The largest absolute Gasteiger partial charge is 0.525 e. The zero-order valence-corrected chi connectivity index (χ0v) is 14.4. The number of phenolic OH excluding ortho intramolecular Hbond substituents is 1. The minimum absolute atomic E-state index is 0.126. The molecule has 1 fully saturated rings. The quantitative estimate of drug-likeness (QED) is 0.643. The molecule has 0 bridgehead atoms. The molecule has 27 heavy (non-hydrogen) atoms. The number of hydroxylamine groups is 2. The van der Waals surface area contributed by atoms with E-state index in [1.807, 2.05) is 12.3 Å². The van der Waals surface area contributed by atoms with Gasteiger partial charge in [0.25, 0.3) is 0 Å². The lowest BCUT2D eigenvalue weighted by Crippen LogP contribution is -2.36. The maximum Gasteiger partial charge on any atom is 0.525 e. The number of rotatable bonds is 3. The number of aromatic hydroxyl groups is 1. The van der Waals surface area contributed by atoms with Crippen LogP contribution in [0.2, 0.25) is 0 Å². The molecule has 9 heteroatoms. The molecule has 0 amide bonds. The fourth-order valence-electron chi connectivity index (χ4n) is 3.60. The molecular formula is C18H19N5O4. The van der Waals surface area contributed by atoms with Gasteiger partial charge in [0.1, 0.15) is 23.5 Å². The van der Waals surface area contributed by atoms with Gasteiger partial charge in [0, 0.05) is 30.9 Å². The smallest absolute Gasteiger partial charge is 0.508 e. The van der Waals surface area contributed by atoms with Crippen molar-refractivity contribution >= 4 is 23.0 Å². The van der Waals surface area contributed by atoms with Gasteiger partial charge < -0.3 is 25.4 Å².